The van der Waals surface area contributed by atoms with Crippen LogP contribution in [0.3, 0.4) is 0 Å². The van der Waals surface area contributed by atoms with Crippen molar-refractivity contribution >= 4 is 37.5 Å². The summed E-state index contributed by atoms with van der Waals surface area (Å²) < 4.78 is 7.20. The summed E-state index contributed by atoms with van der Waals surface area (Å²) in [7, 11) is 1.54. The first kappa shape index (κ1) is 12.4. The Morgan fingerprint density at radius 1 is 1.26 bits per heavy atom. The normalized spacial score (nSPS) is 10.8. The monoisotopic (exact) mass is 335 g/mol. The molecule has 0 saturated heterocycles. The summed E-state index contributed by atoms with van der Waals surface area (Å²) in [5.74, 6) is 0.584. The van der Waals surface area contributed by atoms with Crippen LogP contribution in [0, 0.1) is 0 Å². The number of phenols is 1. The van der Waals surface area contributed by atoms with E-state index in [1.54, 1.807) is 17.4 Å². The Morgan fingerprint density at radius 3 is 2.89 bits per heavy atom. The van der Waals surface area contributed by atoms with Crippen molar-refractivity contribution < 1.29 is 9.84 Å². The third-order valence-corrected chi connectivity index (χ3v) is 4.36. The van der Waals surface area contributed by atoms with Crippen molar-refractivity contribution in [2.24, 2.45) is 0 Å². The summed E-state index contributed by atoms with van der Waals surface area (Å²) in [4.78, 5) is 4.55. The molecule has 5 heteroatoms. The van der Waals surface area contributed by atoms with Crippen molar-refractivity contribution in [3.05, 3.63) is 40.9 Å². The molecule has 3 nitrogen and oxygen atoms in total. The van der Waals surface area contributed by atoms with Gasteiger partial charge >= 0.3 is 0 Å². The lowest BCUT2D eigenvalue weighted by Crippen LogP contribution is -1.85. The minimum atomic E-state index is 0.128. The van der Waals surface area contributed by atoms with Gasteiger partial charge in [-0.15, -0.1) is 11.3 Å². The Kier molecular flexibility index (Phi) is 3.16. The van der Waals surface area contributed by atoms with Crippen LogP contribution < -0.4 is 4.74 Å². The second-order valence-electron chi connectivity index (χ2n) is 3.99. The summed E-state index contributed by atoms with van der Waals surface area (Å²) in [5, 5.41) is 10.9. The van der Waals surface area contributed by atoms with Crippen molar-refractivity contribution in [3.8, 4) is 22.1 Å². The van der Waals surface area contributed by atoms with Crippen molar-refractivity contribution in [2.45, 2.75) is 0 Å². The average molecular weight is 336 g/mol. The van der Waals surface area contributed by atoms with Gasteiger partial charge in [-0.05, 0) is 30.3 Å². The van der Waals surface area contributed by atoms with Gasteiger partial charge in [-0.25, -0.2) is 4.98 Å². The lowest BCUT2D eigenvalue weighted by Gasteiger charge is -2.05. The summed E-state index contributed by atoms with van der Waals surface area (Å²) in [5.41, 5.74) is 1.60. The number of phenolic OH excluding ortho intramolecular Hbond substituents is 1. The molecule has 0 bridgehead atoms. The first-order chi connectivity index (χ1) is 9.19. The van der Waals surface area contributed by atoms with E-state index in [4.69, 9.17) is 4.74 Å². The van der Waals surface area contributed by atoms with Crippen molar-refractivity contribution in [3.63, 3.8) is 0 Å². The predicted octanol–water partition coefficient (Wildman–Crippen LogP) is 4.44. The highest BCUT2D eigenvalue weighted by Crippen LogP contribution is 2.40. The van der Waals surface area contributed by atoms with Crippen molar-refractivity contribution in [2.75, 3.05) is 7.11 Å². The van der Waals surface area contributed by atoms with E-state index < -0.39 is 0 Å². The Balaban J connectivity index is 2.19. The average Bonchev–Trinajstić information content (AvgIpc) is 2.81. The molecule has 0 spiro atoms. The lowest BCUT2D eigenvalue weighted by atomic mass is 10.2. The van der Waals surface area contributed by atoms with Gasteiger partial charge in [-0.3, -0.25) is 0 Å². The first-order valence-electron chi connectivity index (χ1n) is 5.61. The molecule has 0 amide bonds. The lowest BCUT2D eigenvalue weighted by molar-refractivity contribution is 0.374. The maximum absolute atomic E-state index is 10.2. The zero-order valence-corrected chi connectivity index (χ0v) is 12.5. The third-order valence-electron chi connectivity index (χ3n) is 2.80. The fourth-order valence-electron chi connectivity index (χ4n) is 1.88. The number of fused-ring (bicyclic) bond motifs is 1. The number of aromatic nitrogens is 1. The van der Waals surface area contributed by atoms with Gasteiger partial charge in [0.05, 0.1) is 22.9 Å². The molecule has 96 valence electrons. The van der Waals surface area contributed by atoms with Gasteiger partial charge in [0.25, 0.3) is 0 Å². The quantitative estimate of drug-likeness (QED) is 0.752. The molecule has 2 aromatic carbocycles. The van der Waals surface area contributed by atoms with Crippen LogP contribution in [0.1, 0.15) is 0 Å². The third kappa shape index (κ3) is 2.19. The Bertz CT molecular complexity index is 754. The van der Waals surface area contributed by atoms with E-state index in [0.29, 0.717) is 11.3 Å². The number of hydrogen-bond donors (Lipinski definition) is 1. The summed E-state index contributed by atoms with van der Waals surface area (Å²) in [6.45, 7) is 0. The number of nitrogens with zero attached hydrogens (tertiary/aromatic N) is 1. The molecule has 0 saturated carbocycles. The molecule has 3 rings (SSSR count). The molecule has 0 aliphatic heterocycles. The molecule has 0 fully saturated rings. The number of thiazole rings is 1. The number of hydrogen-bond acceptors (Lipinski definition) is 4. The van der Waals surface area contributed by atoms with Gasteiger partial charge in [0.2, 0.25) is 0 Å². The number of para-hydroxylation sites is 1. The predicted molar refractivity (Wildman–Crippen MR) is 81.0 cm³/mol. The Morgan fingerprint density at radius 2 is 2.11 bits per heavy atom. The van der Waals surface area contributed by atoms with Crippen LogP contribution in [0.5, 0.6) is 11.5 Å². The number of methoxy groups -OCH3 is 1. The highest BCUT2D eigenvalue weighted by atomic mass is 79.9. The SMILES string of the molecule is COc1cccc(-c2nc3cc(Br)ccc3s2)c1O. The Hall–Kier alpha value is -1.59. The molecule has 0 aliphatic carbocycles. The van der Waals surface area contributed by atoms with E-state index in [2.05, 4.69) is 20.9 Å². The van der Waals surface area contributed by atoms with E-state index in [1.807, 2.05) is 30.3 Å². The van der Waals surface area contributed by atoms with E-state index in [0.717, 1.165) is 19.7 Å². The fourth-order valence-corrected chi connectivity index (χ4v) is 3.20. The highest BCUT2D eigenvalue weighted by molar-refractivity contribution is 9.10. The van der Waals surface area contributed by atoms with Crippen LogP contribution in [-0.2, 0) is 0 Å². The standard InChI is InChI=1S/C14H10BrNO2S/c1-18-11-4-2-3-9(13(11)17)14-16-10-7-8(15)5-6-12(10)19-14/h2-7,17H,1H3. The van der Waals surface area contributed by atoms with E-state index in [1.165, 1.54) is 7.11 Å². The molecule has 0 atom stereocenters. The van der Waals surface area contributed by atoms with Gasteiger partial charge in [-0.1, -0.05) is 22.0 Å². The number of halogens is 1. The zero-order valence-electron chi connectivity index (χ0n) is 10.1. The summed E-state index contributed by atoms with van der Waals surface area (Å²) in [6, 6.07) is 11.4. The maximum atomic E-state index is 10.2. The second-order valence-corrected chi connectivity index (χ2v) is 5.93. The molecule has 1 aromatic heterocycles. The van der Waals surface area contributed by atoms with Gasteiger partial charge in [0.15, 0.2) is 11.5 Å². The molecule has 3 aromatic rings. The first-order valence-corrected chi connectivity index (χ1v) is 7.22. The topological polar surface area (TPSA) is 42.4 Å². The van der Waals surface area contributed by atoms with Gasteiger partial charge in [0, 0.05) is 4.47 Å². The number of benzene rings is 2. The summed E-state index contributed by atoms with van der Waals surface area (Å²) >= 11 is 4.98. The van der Waals surface area contributed by atoms with Crippen molar-refractivity contribution in [1.29, 1.82) is 0 Å². The minimum absolute atomic E-state index is 0.128. The van der Waals surface area contributed by atoms with Crippen LogP contribution in [0.15, 0.2) is 40.9 Å². The van der Waals surface area contributed by atoms with E-state index in [-0.39, 0.29) is 5.75 Å². The molecule has 1 heterocycles. The van der Waals surface area contributed by atoms with Crippen LogP contribution >= 0.6 is 27.3 Å². The second kappa shape index (κ2) is 4.83. The van der Waals surface area contributed by atoms with E-state index >= 15 is 0 Å². The maximum Gasteiger partial charge on any atom is 0.168 e. The fraction of sp³-hybridized carbons (Fsp3) is 0.0714. The minimum Gasteiger partial charge on any atom is -0.504 e. The zero-order chi connectivity index (χ0) is 13.4. The van der Waals surface area contributed by atoms with Crippen LogP contribution in [0.4, 0.5) is 0 Å². The van der Waals surface area contributed by atoms with E-state index in [9.17, 15) is 5.11 Å². The Labute approximate surface area is 122 Å². The smallest absolute Gasteiger partial charge is 0.168 e. The molecule has 1 N–H and O–H groups in total. The molecule has 0 radical (unpaired) electrons. The number of rotatable bonds is 2. The molecular formula is C14H10BrNO2S. The van der Waals surface area contributed by atoms with Crippen LogP contribution in [0.25, 0.3) is 20.8 Å². The molecule has 19 heavy (non-hydrogen) atoms. The van der Waals surface area contributed by atoms with Crippen LogP contribution in [0.2, 0.25) is 0 Å². The molecular weight excluding hydrogens is 326 g/mol. The largest absolute Gasteiger partial charge is 0.504 e. The van der Waals surface area contributed by atoms with Gasteiger partial charge in [0.1, 0.15) is 5.01 Å². The number of ether oxygens (including phenoxy) is 1. The van der Waals surface area contributed by atoms with Gasteiger partial charge in [-0.2, -0.15) is 0 Å². The number of aromatic hydroxyl groups is 1. The molecule has 0 unspecified atom stereocenters. The summed E-state index contributed by atoms with van der Waals surface area (Å²) in [6.07, 6.45) is 0. The van der Waals surface area contributed by atoms with Gasteiger partial charge < -0.3 is 9.84 Å². The molecule has 0 aliphatic rings. The highest BCUT2D eigenvalue weighted by Gasteiger charge is 2.13. The van der Waals surface area contributed by atoms with Crippen LogP contribution in [-0.4, -0.2) is 17.2 Å². The van der Waals surface area contributed by atoms with Crippen molar-refractivity contribution in [1.82, 2.24) is 4.98 Å².